The number of nitrogens with zero attached hydrogens (tertiary/aromatic N) is 2. The van der Waals surface area contributed by atoms with Crippen LogP contribution in [-0.2, 0) is 12.8 Å². The fourth-order valence-electron chi connectivity index (χ4n) is 3.35. The highest BCUT2D eigenvalue weighted by atomic mass is 32.1. The van der Waals surface area contributed by atoms with Crippen molar-refractivity contribution < 1.29 is 19.8 Å². The quantitative estimate of drug-likeness (QED) is 0.431. The molecule has 32 heavy (non-hydrogen) atoms. The molecule has 2 aromatic heterocycles. The van der Waals surface area contributed by atoms with Crippen molar-refractivity contribution in [2.45, 2.75) is 40.5 Å². The maximum Gasteiger partial charge on any atom is 0.346 e. The van der Waals surface area contributed by atoms with Crippen molar-refractivity contribution in [1.82, 2.24) is 0 Å². The molecule has 0 aliphatic rings. The Morgan fingerprint density at radius 2 is 1.09 bits per heavy atom. The number of aryl methyl sites for hydroxylation is 2. The number of hydrogen-bond acceptors (Lipinski definition) is 6. The zero-order valence-corrected chi connectivity index (χ0v) is 19.8. The standard InChI is InChI=1S/C22H16N2O4S2.C2H6/c1-3-15-13(9-23)17(19(29-15)21(25)26)11-5-7-12(8-6-11)18-14(10-24)16(4-2)30-20(18)22(27)28;1-2/h5-8H,3-4H2,1-2H3,(H,25,26)(H,27,28);1-2H3. The summed E-state index contributed by atoms with van der Waals surface area (Å²) >= 11 is 2.18. The van der Waals surface area contributed by atoms with E-state index in [1.807, 2.05) is 27.7 Å². The Labute approximate surface area is 194 Å². The molecule has 0 bridgehead atoms. The number of hydrogen-bond donors (Lipinski definition) is 2. The van der Waals surface area contributed by atoms with E-state index in [0.717, 1.165) is 22.7 Å². The Kier molecular flexibility index (Phi) is 8.31. The fraction of sp³-hybridized carbons (Fsp3) is 0.250. The molecule has 0 radical (unpaired) electrons. The van der Waals surface area contributed by atoms with Crippen molar-refractivity contribution in [3.8, 4) is 34.4 Å². The first kappa shape index (κ1) is 24.8. The molecule has 0 unspecified atom stereocenters. The van der Waals surface area contributed by atoms with Crippen LogP contribution in [0.4, 0.5) is 0 Å². The minimum atomic E-state index is -1.10. The summed E-state index contributed by atoms with van der Waals surface area (Å²) in [7, 11) is 0. The van der Waals surface area contributed by atoms with Gasteiger partial charge in [0.15, 0.2) is 0 Å². The van der Waals surface area contributed by atoms with Gasteiger partial charge in [-0.3, -0.25) is 0 Å². The number of rotatable bonds is 6. The van der Waals surface area contributed by atoms with Gasteiger partial charge in [0.2, 0.25) is 0 Å². The molecule has 0 amide bonds. The van der Waals surface area contributed by atoms with Gasteiger partial charge in [0, 0.05) is 20.9 Å². The average molecular weight is 467 g/mol. The summed E-state index contributed by atoms with van der Waals surface area (Å²) in [5.41, 5.74) is 2.56. The van der Waals surface area contributed by atoms with Crippen LogP contribution in [0, 0.1) is 22.7 Å². The van der Waals surface area contributed by atoms with Gasteiger partial charge in [0.05, 0.1) is 11.1 Å². The van der Waals surface area contributed by atoms with Crippen molar-refractivity contribution >= 4 is 34.6 Å². The van der Waals surface area contributed by atoms with Gasteiger partial charge in [-0.25, -0.2) is 9.59 Å². The van der Waals surface area contributed by atoms with E-state index in [2.05, 4.69) is 12.1 Å². The lowest BCUT2D eigenvalue weighted by Gasteiger charge is -2.06. The third kappa shape index (κ3) is 4.43. The lowest BCUT2D eigenvalue weighted by Crippen LogP contribution is -1.97. The Balaban J connectivity index is 0.00000176. The molecular weight excluding hydrogens is 444 g/mol. The molecule has 0 spiro atoms. The third-order valence-electron chi connectivity index (χ3n) is 4.68. The molecular formula is C24H22N2O4S2. The lowest BCUT2D eigenvalue weighted by atomic mass is 9.95. The molecule has 0 saturated heterocycles. The zero-order chi connectivity index (χ0) is 24.0. The maximum absolute atomic E-state index is 11.7. The van der Waals surface area contributed by atoms with Crippen molar-refractivity contribution in [2.24, 2.45) is 0 Å². The lowest BCUT2D eigenvalue weighted by molar-refractivity contribution is 0.0692. The highest BCUT2D eigenvalue weighted by Gasteiger charge is 2.25. The van der Waals surface area contributed by atoms with Crippen LogP contribution in [-0.4, -0.2) is 22.2 Å². The molecule has 0 atom stereocenters. The molecule has 3 aromatic rings. The molecule has 164 valence electrons. The van der Waals surface area contributed by atoms with E-state index in [-0.39, 0.29) is 9.75 Å². The van der Waals surface area contributed by atoms with Crippen LogP contribution in [0.15, 0.2) is 24.3 Å². The minimum Gasteiger partial charge on any atom is -0.477 e. The summed E-state index contributed by atoms with van der Waals surface area (Å²) in [4.78, 5) is 25.1. The minimum absolute atomic E-state index is 0.101. The van der Waals surface area contributed by atoms with Gasteiger partial charge < -0.3 is 10.2 Å². The topological polar surface area (TPSA) is 122 Å². The number of carbonyl (C=O) groups is 2. The summed E-state index contributed by atoms with van der Waals surface area (Å²) in [6, 6.07) is 10.9. The second-order valence-electron chi connectivity index (χ2n) is 6.33. The van der Waals surface area contributed by atoms with Crippen LogP contribution in [0.1, 0.15) is 67.9 Å². The van der Waals surface area contributed by atoms with Crippen molar-refractivity contribution in [3.63, 3.8) is 0 Å². The molecule has 6 nitrogen and oxygen atoms in total. The van der Waals surface area contributed by atoms with Gasteiger partial charge in [-0.15, -0.1) is 22.7 Å². The molecule has 0 aliphatic heterocycles. The smallest absolute Gasteiger partial charge is 0.346 e. The predicted molar refractivity (Wildman–Crippen MR) is 127 cm³/mol. The van der Waals surface area contributed by atoms with E-state index in [9.17, 15) is 30.3 Å². The number of carboxylic acids is 2. The number of carboxylic acid groups (broad SMARTS) is 2. The van der Waals surface area contributed by atoms with Crippen LogP contribution < -0.4 is 0 Å². The molecule has 3 rings (SSSR count). The van der Waals surface area contributed by atoms with E-state index in [4.69, 9.17) is 0 Å². The van der Waals surface area contributed by atoms with Crippen molar-refractivity contribution in [3.05, 3.63) is 54.9 Å². The molecule has 2 N–H and O–H groups in total. The fourth-order valence-corrected chi connectivity index (χ4v) is 5.45. The monoisotopic (exact) mass is 466 g/mol. The van der Waals surface area contributed by atoms with Gasteiger partial charge in [-0.1, -0.05) is 52.0 Å². The summed E-state index contributed by atoms with van der Waals surface area (Å²) < 4.78 is 0. The number of benzene rings is 1. The van der Waals surface area contributed by atoms with Gasteiger partial charge >= 0.3 is 11.9 Å². The van der Waals surface area contributed by atoms with Crippen molar-refractivity contribution in [1.29, 1.82) is 10.5 Å². The SMILES string of the molecule is CC.CCc1sc(C(=O)O)c(-c2ccc(-c3c(C(=O)O)sc(CC)c3C#N)cc2)c1C#N. The first-order valence-corrected chi connectivity index (χ1v) is 11.7. The van der Waals surface area contributed by atoms with Crippen LogP contribution in [0.5, 0.6) is 0 Å². The van der Waals surface area contributed by atoms with Gasteiger partial charge in [0.25, 0.3) is 0 Å². The second-order valence-corrected chi connectivity index (χ2v) is 8.54. The first-order valence-electron chi connectivity index (χ1n) is 10.1. The average Bonchev–Trinajstić information content (AvgIpc) is 3.38. The van der Waals surface area contributed by atoms with E-state index in [1.54, 1.807) is 24.3 Å². The Morgan fingerprint density at radius 3 is 1.31 bits per heavy atom. The molecule has 0 fully saturated rings. The Hall–Kier alpha value is -3.46. The van der Waals surface area contributed by atoms with E-state index < -0.39 is 11.9 Å². The van der Waals surface area contributed by atoms with Gasteiger partial charge in [0.1, 0.15) is 21.9 Å². The molecule has 0 saturated carbocycles. The molecule has 0 aliphatic carbocycles. The maximum atomic E-state index is 11.7. The zero-order valence-electron chi connectivity index (χ0n) is 18.1. The van der Waals surface area contributed by atoms with E-state index >= 15 is 0 Å². The largest absolute Gasteiger partial charge is 0.477 e. The Bertz CT molecular complexity index is 1140. The summed E-state index contributed by atoms with van der Waals surface area (Å²) in [5, 5.41) is 38.3. The van der Waals surface area contributed by atoms with Crippen LogP contribution in [0.25, 0.3) is 22.3 Å². The Morgan fingerprint density at radius 1 is 0.781 bits per heavy atom. The first-order chi connectivity index (χ1) is 15.4. The van der Waals surface area contributed by atoms with Crippen molar-refractivity contribution in [2.75, 3.05) is 0 Å². The van der Waals surface area contributed by atoms with Gasteiger partial charge in [-0.2, -0.15) is 10.5 Å². The predicted octanol–water partition coefficient (Wildman–Crippen LogP) is 6.43. The number of nitriles is 2. The van der Waals surface area contributed by atoms with Crippen LogP contribution in [0.2, 0.25) is 0 Å². The normalized spacial score (nSPS) is 9.94. The molecule has 2 heterocycles. The number of aromatic carboxylic acids is 2. The van der Waals surface area contributed by atoms with Crippen LogP contribution in [0.3, 0.4) is 0 Å². The van der Waals surface area contributed by atoms with Crippen LogP contribution >= 0.6 is 22.7 Å². The second kappa shape index (κ2) is 10.7. The van der Waals surface area contributed by atoms with E-state index in [0.29, 0.717) is 56.0 Å². The third-order valence-corrected chi connectivity index (χ3v) is 7.32. The number of thiophene rings is 2. The highest BCUT2D eigenvalue weighted by Crippen LogP contribution is 2.40. The molecule has 8 heteroatoms. The van der Waals surface area contributed by atoms with Gasteiger partial charge in [-0.05, 0) is 24.0 Å². The molecule has 1 aromatic carbocycles. The summed E-state index contributed by atoms with van der Waals surface area (Å²) in [5.74, 6) is -2.19. The summed E-state index contributed by atoms with van der Waals surface area (Å²) in [6.45, 7) is 7.73. The summed E-state index contributed by atoms with van der Waals surface area (Å²) in [6.07, 6.45) is 1.10. The van der Waals surface area contributed by atoms with E-state index in [1.165, 1.54) is 0 Å². The highest BCUT2D eigenvalue weighted by molar-refractivity contribution is 7.15.